The number of thiophene rings is 1. The van der Waals surface area contributed by atoms with E-state index in [1.54, 1.807) is 17.4 Å². The Morgan fingerprint density at radius 3 is 3.00 bits per heavy atom. The van der Waals surface area contributed by atoms with Gasteiger partial charge >= 0.3 is 0 Å². The third-order valence-electron chi connectivity index (χ3n) is 4.07. The molecule has 2 nitrogen and oxygen atoms in total. The first-order valence-corrected chi connectivity index (χ1v) is 8.32. The minimum absolute atomic E-state index is 0.140. The Bertz CT molecular complexity index is 582. The maximum Gasteiger partial charge on any atom is 0.131 e. The topological polar surface area (TPSA) is 15.3 Å². The van der Waals surface area contributed by atoms with Crippen molar-refractivity contribution in [1.82, 2.24) is 10.2 Å². The van der Waals surface area contributed by atoms with E-state index in [0.717, 1.165) is 29.4 Å². The predicted molar refractivity (Wildman–Crippen MR) is 87.0 cm³/mol. The van der Waals surface area contributed by atoms with Gasteiger partial charge in [-0.05, 0) is 61.6 Å². The predicted octanol–water partition coefficient (Wildman–Crippen LogP) is 3.60. The van der Waals surface area contributed by atoms with E-state index in [1.807, 2.05) is 29.6 Å². The van der Waals surface area contributed by atoms with Crippen LogP contribution in [0, 0.1) is 11.7 Å². The summed E-state index contributed by atoms with van der Waals surface area (Å²) >= 11 is 1.58. The van der Waals surface area contributed by atoms with E-state index in [0.29, 0.717) is 5.56 Å². The molecule has 2 heterocycles. The summed E-state index contributed by atoms with van der Waals surface area (Å²) < 4.78 is 13.9. The fourth-order valence-corrected chi connectivity index (χ4v) is 3.66. The van der Waals surface area contributed by atoms with Crippen LogP contribution in [0.5, 0.6) is 0 Å². The zero-order valence-electron chi connectivity index (χ0n) is 12.3. The van der Waals surface area contributed by atoms with E-state index in [2.05, 4.69) is 17.3 Å². The molecule has 0 amide bonds. The molecule has 1 aromatic carbocycles. The van der Waals surface area contributed by atoms with Crippen molar-refractivity contribution < 1.29 is 4.39 Å². The number of rotatable bonds is 5. The van der Waals surface area contributed by atoms with Gasteiger partial charge in [-0.15, -0.1) is 11.3 Å². The second-order valence-corrected chi connectivity index (χ2v) is 6.79. The summed E-state index contributed by atoms with van der Waals surface area (Å²) in [5.41, 5.74) is 1.86. The normalized spacial score (nSPS) is 19.2. The molecule has 2 aromatic rings. The van der Waals surface area contributed by atoms with E-state index in [-0.39, 0.29) is 5.82 Å². The van der Waals surface area contributed by atoms with Crippen LogP contribution in [0.3, 0.4) is 0 Å². The molecule has 1 unspecified atom stereocenters. The van der Waals surface area contributed by atoms with Gasteiger partial charge in [0.05, 0.1) is 0 Å². The molecule has 1 aromatic heterocycles. The molecule has 1 N–H and O–H groups in total. The monoisotopic (exact) mass is 304 g/mol. The van der Waals surface area contributed by atoms with Crippen molar-refractivity contribution in [1.29, 1.82) is 0 Å². The van der Waals surface area contributed by atoms with Crippen molar-refractivity contribution >= 4 is 11.3 Å². The lowest BCUT2D eigenvalue weighted by atomic mass is 10.1. The summed E-state index contributed by atoms with van der Waals surface area (Å²) in [6, 6.07) is 9.35. The van der Waals surface area contributed by atoms with Crippen LogP contribution in [0.25, 0.3) is 10.4 Å². The molecule has 112 valence electrons. The van der Waals surface area contributed by atoms with Crippen molar-refractivity contribution in [3.63, 3.8) is 0 Å². The van der Waals surface area contributed by atoms with E-state index in [9.17, 15) is 4.39 Å². The highest BCUT2D eigenvalue weighted by atomic mass is 32.1. The highest BCUT2D eigenvalue weighted by Crippen LogP contribution is 2.28. The number of halogens is 1. The summed E-state index contributed by atoms with van der Waals surface area (Å²) in [4.78, 5) is 3.37. The van der Waals surface area contributed by atoms with Crippen LogP contribution >= 0.6 is 11.3 Å². The third-order valence-corrected chi connectivity index (χ3v) is 4.97. The van der Waals surface area contributed by atoms with Crippen LogP contribution < -0.4 is 5.32 Å². The molecule has 21 heavy (non-hydrogen) atoms. The maximum atomic E-state index is 13.9. The van der Waals surface area contributed by atoms with Gasteiger partial charge in [-0.1, -0.05) is 12.1 Å². The van der Waals surface area contributed by atoms with Crippen LogP contribution in [-0.4, -0.2) is 31.6 Å². The molecule has 0 saturated carbocycles. The average Bonchev–Trinajstić information content (AvgIpc) is 3.12. The summed E-state index contributed by atoms with van der Waals surface area (Å²) in [5, 5.41) is 5.49. The quantitative estimate of drug-likeness (QED) is 0.908. The smallest absolute Gasteiger partial charge is 0.131 e. The number of nitrogens with zero attached hydrogens (tertiary/aromatic N) is 1. The summed E-state index contributed by atoms with van der Waals surface area (Å²) in [6.45, 7) is 4.22. The lowest BCUT2D eigenvalue weighted by Gasteiger charge is -2.12. The number of hydrogen-bond donors (Lipinski definition) is 1. The van der Waals surface area contributed by atoms with Crippen LogP contribution in [0.15, 0.2) is 35.7 Å². The van der Waals surface area contributed by atoms with Crippen LogP contribution in [-0.2, 0) is 6.54 Å². The van der Waals surface area contributed by atoms with E-state index in [4.69, 9.17) is 0 Å². The molecule has 0 spiro atoms. The molecule has 0 bridgehead atoms. The van der Waals surface area contributed by atoms with Gasteiger partial charge in [0.2, 0.25) is 0 Å². The Labute approximate surface area is 129 Å². The zero-order valence-corrected chi connectivity index (χ0v) is 13.1. The minimum Gasteiger partial charge on any atom is -0.312 e. The Balaban J connectivity index is 1.60. The van der Waals surface area contributed by atoms with Gasteiger partial charge < -0.3 is 10.2 Å². The highest BCUT2D eigenvalue weighted by molar-refractivity contribution is 7.13. The standard InChI is InChI=1S/C17H21FN2S/c1-20-7-6-14(12-20)11-19-10-13-4-5-16(18)15(9-13)17-3-2-8-21-17/h2-5,8-9,14,19H,6-7,10-12H2,1H3. The molecule has 1 saturated heterocycles. The maximum absolute atomic E-state index is 13.9. The lowest BCUT2D eigenvalue weighted by molar-refractivity contribution is 0.388. The van der Waals surface area contributed by atoms with Gasteiger partial charge in [0.25, 0.3) is 0 Å². The van der Waals surface area contributed by atoms with Crippen LogP contribution in [0.2, 0.25) is 0 Å². The first kappa shape index (κ1) is 14.7. The first-order valence-electron chi connectivity index (χ1n) is 7.44. The molecule has 1 atom stereocenters. The molecule has 1 aliphatic rings. The SMILES string of the molecule is CN1CCC(CNCc2ccc(F)c(-c3cccs3)c2)C1. The first-order chi connectivity index (χ1) is 10.2. The van der Waals surface area contributed by atoms with E-state index in [1.165, 1.54) is 19.5 Å². The van der Waals surface area contributed by atoms with Gasteiger partial charge in [-0.2, -0.15) is 0 Å². The van der Waals surface area contributed by atoms with E-state index >= 15 is 0 Å². The summed E-state index contributed by atoms with van der Waals surface area (Å²) in [6.07, 6.45) is 1.27. The van der Waals surface area contributed by atoms with Crippen molar-refractivity contribution in [3.05, 3.63) is 47.1 Å². The Morgan fingerprint density at radius 1 is 1.38 bits per heavy atom. The van der Waals surface area contributed by atoms with Crippen molar-refractivity contribution in [2.24, 2.45) is 5.92 Å². The van der Waals surface area contributed by atoms with Gasteiger partial charge in [-0.25, -0.2) is 4.39 Å². The number of hydrogen-bond acceptors (Lipinski definition) is 3. The van der Waals surface area contributed by atoms with Gasteiger partial charge in [0.1, 0.15) is 5.82 Å². The molecule has 0 aliphatic carbocycles. The Hall–Kier alpha value is -1.23. The lowest BCUT2D eigenvalue weighted by Crippen LogP contribution is -2.24. The van der Waals surface area contributed by atoms with Crippen molar-refractivity contribution in [2.75, 3.05) is 26.7 Å². The second kappa shape index (κ2) is 6.69. The van der Waals surface area contributed by atoms with Crippen molar-refractivity contribution in [2.45, 2.75) is 13.0 Å². The fraction of sp³-hybridized carbons (Fsp3) is 0.412. The molecular weight excluding hydrogens is 283 g/mol. The number of likely N-dealkylation sites (tertiary alicyclic amines) is 1. The molecule has 0 radical (unpaired) electrons. The largest absolute Gasteiger partial charge is 0.312 e. The van der Waals surface area contributed by atoms with Gasteiger partial charge in [-0.3, -0.25) is 0 Å². The Kier molecular flexibility index (Phi) is 4.68. The molecule has 1 aliphatic heterocycles. The molecule has 4 heteroatoms. The van der Waals surface area contributed by atoms with Crippen LogP contribution in [0.1, 0.15) is 12.0 Å². The molecule has 1 fully saturated rings. The van der Waals surface area contributed by atoms with E-state index < -0.39 is 0 Å². The zero-order chi connectivity index (χ0) is 14.7. The Morgan fingerprint density at radius 2 is 2.29 bits per heavy atom. The third kappa shape index (κ3) is 3.70. The molecule has 3 rings (SSSR count). The van der Waals surface area contributed by atoms with Crippen molar-refractivity contribution in [3.8, 4) is 10.4 Å². The van der Waals surface area contributed by atoms with Gasteiger partial charge in [0, 0.05) is 23.5 Å². The van der Waals surface area contributed by atoms with Crippen LogP contribution in [0.4, 0.5) is 4.39 Å². The summed E-state index contributed by atoms with van der Waals surface area (Å²) in [5.74, 6) is 0.603. The minimum atomic E-state index is -0.140. The number of benzene rings is 1. The average molecular weight is 304 g/mol. The second-order valence-electron chi connectivity index (χ2n) is 5.84. The highest BCUT2D eigenvalue weighted by Gasteiger charge is 2.18. The molecular formula is C17H21FN2S. The number of nitrogens with one attached hydrogen (secondary N) is 1. The fourth-order valence-electron chi connectivity index (χ4n) is 2.92. The summed E-state index contributed by atoms with van der Waals surface area (Å²) in [7, 11) is 2.17. The van der Waals surface area contributed by atoms with Gasteiger partial charge in [0.15, 0.2) is 0 Å².